The van der Waals surface area contributed by atoms with Crippen molar-refractivity contribution in [3.8, 4) is 0 Å². The lowest BCUT2D eigenvalue weighted by atomic mass is 9.87. The number of hydrogen-bond donors (Lipinski definition) is 2. The van der Waals surface area contributed by atoms with Crippen molar-refractivity contribution in [3.05, 3.63) is 17.8 Å². The second-order valence-electron chi connectivity index (χ2n) is 5.23. The van der Waals surface area contributed by atoms with Gasteiger partial charge in [0.05, 0.1) is 12.8 Å². The summed E-state index contributed by atoms with van der Waals surface area (Å²) in [7, 11) is 1.34. The summed E-state index contributed by atoms with van der Waals surface area (Å²) in [6, 6.07) is 3.65. The first kappa shape index (κ1) is 13.6. The number of nitrogens with one attached hydrogen (secondary N) is 1. The van der Waals surface area contributed by atoms with Crippen molar-refractivity contribution < 1.29 is 9.53 Å². The van der Waals surface area contributed by atoms with Gasteiger partial charge in [-0.3, -0.25) is 0 Å². The molecule has 0 bridgehead atoms. The van der Waals surface area contributed by atoms with Crippen molar-refractivity contribution in [2.45, 2.75) is 38.6 Å². The molecule has 2 rings (SSSR count). The fourth-order valence-corrected chi connectivity index (χ4v) is 2.40. The first-order valence-electron chi connectivity index (χ1n) is 6.71. The Labute approximate surface area is 113 Å². The van der Waals surface area contributed by atoms with Gasteiger partial charge in [0.25, 0.3) is 0 Å². The van der Waals surface area contributed by atoms with Crippen LogP contribution < -0.4 is 11.1 Å². The normalized spacial score (nSPS) is 22.8. The second kappa shape index (κ2) is 5.91. The molecule has 1 aliphatic rings. The van der Waals surface area contributed by atoms with Gasteiger partial charge in [0, 0.05) is 6.04 Å². The Morgan fingerprint density at radius 2 is 2.05 bits per heavy atom. The van der Waals surface area contributed by atoms with Gasteiger partial charge in [0.1, 0.15) is 5.82 Å². The lowest BCUT2D eigenvalue weighted by Gasteiger charge is -2.27. The quantitative estimate of drug-likeness (QED) is 0.819. The lowest BCUT2D eigenvalue weighted by molar-refractivity contribution is 0.0594. The van der Waals surface area contributed by atoms with E-state index >= 15 is 0 Å². The number of rotatable bonds is 3. The topological polar surface area (TPSA) is 77.2 Å². The second-order valence-corrected chi connectivity index (χ2v) is 5.23. The number of carbonyl (C=O) groups is 1. The summed E-state index contributed by atoms with van der Waals surface area (Å²) in [6.07, 6.45) is 4.66. The molecular weight excluding hydrogens is 242 g/mol. The molecule has 1 saturated carbocycles. The summed E-state index contributed by atoms with van der Waals surface area (Å²) in [5.41, 5.74) is 6.74. The molecular formula is C14H21N3O2. The van der Waals surface area contributed by atoms with Gasteiger partial charge in [-0.2, -0.15) is 0 Å². The molecule has 104 valence electrons. The van der Waals surface area contributed by atoms with E-state index in [0.29, 0.717) is 17.5 Å². The van der Waals surface area contributed by atoms with E-state index in [9.17, 15) is 4.79 Å². The Morgan fingerprint density at radius 1 is 1.37 bits per heavy atom. The van der Waals surface area contributed by atoms with Gasteiger partial charge in [-0.05, 0) is 43.7 Å². The van der Waals surface area contributed by atoms with Crippen LogP contribution in [0.2, 0.25) is 0 Å². The van der Waals surface area contributed by atoms with Crippen LogP contribution in [-0.4, -0.2) is 24.1 Å². The van der Waals surface area contributed by atoms with Gasteiger partial charge >= 0.3 is 5.97 Å². The minimum atomic E-state index is -0.444. The van der Waals surface area contributed by atoms with Crippen LogP contribution in [0.15, 0.2) is 12.1 Å². The van der Waals surface area contributed by atoms with E-state index in [0.717, 1.165) is 18.8 Å². The van der Waals surface area contributed by atoms with E-state index in [1.165, 1.54) is 20.0 Å². The van der Waals surface area contributed by atoms with E-state index in [4.69, 9.17) is 5.73 Å². The summed E-state index contributed by atoms with van der Waals surface area (Å²) in [5, 5.41) is 3.35. The summed E-state index contributed by atoms with van der Waals surface area (Å²) >= 11 is 0. The maximum absolute atomic E-state index is 11.5. The Hall–Kier alpha value is -1.78. The number of ether oxygens (including phenoxy) is 1. The number of methoxy groups -OCH3 is 1. The van der Waals surface area contributed by atoms with Crippen LogP contribution in [0.1, 0.15) is 43.1 Å². The largest absolute Gasteiger partial charge is 0.464 e. The zero-order valence-corrected chi connectivity index (χ0v) is 11.5. The van der Waals surface area contributed by atoms with Gasteiger partial charge in [-0.15, -0.1) is 0 Å². The van der Waals surface area contributed by atoms with Crippen molar-refractivity contribution in [1.29, 1.82) is 0 Å². The number of esters is 1. The molecule has 5 nitrogen and oxygen atoms in total. The average Bonchev–Trinajstić information content (AvgIpc) is 2.43. The molecule has 1 aliphatic carbocycles. The standard InChI is InChI=1S/C14H21N3O2/c1-9-3-5-10(6-4-9)16-13-11(15)7-8-12(17-13)14(18)19-2/h7-10H,3-6,15H2,1-2H3,(H,16,17). The maximum Gasteiger partial charge on any atom is 0.356 e. The number of hydrogen-bond acceptors (Lipinski definition) is 5. The van der Waals surface area contributed by atoms with Gasteiger partial charge in [0.2, 0.25) is 0 Å². The molecule has 5 heteroatoms. The molecule has 0 aromatic carbocycles. The Balaban J connectivity index is 2.08. The van der Waals surface area contributed by atoms with Gasteiger partial charge in [-0.1, -0.05) is 6.92 Å². The zero-order chi connectivity index (χ0) is 13.8. The van der Waals surface area contributed by atoms with Crippen LogP contribution >= 0.6 is 0 Å². The molecule has 0 unspecified atom stereocenters. The minimum Gasteiger partial charge on any atom is -0.464 e. The maximum atomic E-state index is 11.5. The molecule has 1 aromatic heterocycles. The highest BCUT2D eigenvalue weighted by Gasteiger charge is 2.19. The summed E-state index contributed by atoms with van der Waals surface area (Å²) in [4.78, 5) is 15.7. The predicted molar refractivity (Wildman–Crippen MR) is 75.0 cm³/mol. The molecule has 0 saturated heterocycles. The molecule has 19 heavy (non-hydrogen) atoms. The van der Waals surface area contributed by atoms with Crippen molar-refractivity contribution >= 4 is 17.5 Å². The number of carbonyl (C=O) groups excluding carboxylic acids is 1. The Kier molecular flexibility index (Phi) is 4.24. The van der Waals surface area contributed by atoms with Crippen LogP contribution in [0.4, 0.5) is 11.5 Å². The number of pyridine rings is 1. The van der Waals surface area contributed by atoms with Crippen molar-refractivity contribution in [2.75, 3.05) is 18.2 Å². The van der Waals surface area contributed by atoms with Crippen LogP contribution in [0.5, 0.6) is 0 Å². The SMILES string of the molecule is COC(=O)c1ccc(N)c(NC2CCC(C)CC2)n1. The van der Waals surface area contributed by atoms with Crippen LogP contribution in [0.3, 0.4) is 0 Å². The van der Waals surface area contributed by atoms with Gasteiger partial charge < -0.3 is 15.8 Å². The fourth-order valence-electron chi connectivity index (χ4n) is 2.40. The van der Waals surface area contributed by atoms with E-state index < -0.39 is 5.97 Å². The number of nitrogen functional groups attached to an aromatic ring is 1. The molecule has 3 N–H and O–H groups in total. The molecule has 0 amide bonds. The summed E-state index contributed by atoms with van der Waals surface area (Å²) in [6.45, 7) is 2.28. The molecule has 0 aliphatic heterocycles. The third-order valence-corrected chi connectivity index (χ3v) is 3.68. The van der Waals surface area contributed by atoms with Crippen LogP contribution in [0, 0.1) is 5.92 Å². The van der Waals surface area contributed by atoms with Crippen molar-refractivity contribution in [2.24, 2.45) is 5.92 Å². The zero-order valence-electron chi connectivity index (χ0n) is 11.5. The third kappa shape index (κ3) is 3.36. The molecule has 0 radical (unpaired) electrons. The highest BCUT2D eigenvalue weighted by Crippen LogP contribution is 2.27. The lowest BCUT2D eigenvalue weighted by Crippen LogP contribution is -2.26. The molecule has 0 spiro atoms. The first-order valence-corrected chi connectivity index (χ1v) is 6.71. The first-order chi connectivity index (χ1) is 9.10. The van der Waals surface area contributed by atoms with Crippen molar-refractivity contribution in [3.63, 3.8) is 0 Å². The number of nitrogens with two attached hydrogens (primary N) is 1. The highest BCUT2D eigenvalue weighted by molar-refractivity contribution is 5.88. The van der Waals surface area contributed by atoms with E-state index in [1.54, 1.807) is 12.1 Å². The molecule has 1 fully saturated rings. The minimum absolute atomic E-state index is 0.281. The highest BCUT2D eigenvalue weighted by atomic mass is 16.5. The predicted octanol–water partition coefficient (Wildman–Crippen LogP) is 2.44. The van der Waals surface area contributed by atoms with E-state index in [-0.39, 0.29) is 5.69 Å². The number of nitrogens with zero attached hydrogens (tertiary/aromatic N) is 1. The number of anilines is 2. The van der Waals surface area contributed by atoms with E-state index in [1.807, 2.05) is 0 Å². The average molecular weight is 263 g/mol. The third-order valence-electron chi connectivity index (χ3n) is 3.68. The van der Waals surface area contributed by atoms with Crippen LogP contribution in [0.25, 0.3) is 0 Å². The van der Waals surface area contributed by atoms with Gasteiger partial charge in [-0.25, -0.2) is 9.78 Å². The summed E-state index contributed by atoms with van der Waals surface area (Å²) < 4.78 is 4.67. The summed E-state index contributed by atoms with van der Waals surface area (Å²) in [5.74, 6) is 0.938. The van der Waals surface area contributed by atoms with Crippen molar-refractivity contribution in [1.82, 2.24) is 4.98 Å². The Morgan fingerprint density at radius 3 is 2.68 bits per heavy atom. The fraction of sp³-hybridized carbons (Fsp3) is 0.571. The number of aromatic nitrogens is 1. The van der Waals surface area contributed by atoms with Crippen LogP contribution in [-0.2, 0) is 4.74 Å². The smallest absolute Gasteiger partial charge is 0.356 e. The molecule has 1 heterocycles. The van der Waals surface area contributed by atoms with E-state index in [2.05, 4.69) is 22.0 Å². The Bertz CT molecular complexity index is 454. The molecule has 1 aromatic rings. The van der Waals surface area contributed by atoms with Gasteiger partial charge in [0.15, 0.2) is 5.69 Å². The monoisotopic (exact) mass is 263 g/mol. The molecule has 0 atom stereocenters.